The van der Waals surface area contributed by atoms with Crippen LogP contribution in [0.3, 0.4) is 0 Å². The lowest BCUT2D eigenvalue weighted by atomic mass is 10.1. The van der Waals surface area contributed by atoms with Gasteiger partial charge in [-0.05, 0) is 36.4 Å². The predicted molar refractivity (Wildman–Crippen MR) is 106 cm³/mol. The van der Waals surface area contributed by atoms with Crippen LogP contribution in [0.1, 0.15) is 5.76 Å². The molecular formula is C20H11N3O4S. The lowest BCUT2D eigenvalue weighted by molar-refractivity contribution is -0.384. The number of nitro groups is 1. The third kappa shape index (κ3) is 2.58. The van der Waals surface area contributed by atoms with Gasteiger partial charge in [-0.1, -0.05) is 23.5 Å². The highest BCUT2D eigenvalue weighted by Crippen LogP contribution is 2.25. The largest absolute Gasteiger partial charge is 0.457 e. The number of non-ortho nitro benzene ring substituents is 1. The Morgan fingerprint density at radius 3 is 2.64 bits per heavy atom. The Balaban J connectivity index is 1.56. The molecule has 3 heterocycles. The number of nitro benzene ring substituents is 1. The van der Waals surface area contributed by atoms with Gasteiger partial charge in [-0.15, -0.1) is 0 Å². The van der Waals surface area contributed by atoms with Gasteiger partial charge in [0, 0.05) is 23.8 Å². The van der Waals surface area contributed by atoms with E-state index in [2.05, 4.69) is 4.98 Å². The van der Waals surface area contributed by atoms with Crippen LogP contribution in [0, 0.1) is 10.1 Å². The monoisotopic (exact) mass is 389 g/mol. The number of fused-ring (bicyclic) bond motifs is 3. The fourth-order valence-corrected chi connectivity index (χ4v) is 4.04. The second kappa shape index (κ2) is 6.14. The van der Waals surface area contributed by atoms with Gasteiger partial charge in [0.15, 0.2) is 4.96 Å². The number of nitrogens with zero attached hydrogens (tertiary/aromatic N) is 3. The van der Waals surface area contributed by atoms with Crippen LogP contribution < -0.4 is 10.1 Å². The van der Waals surface area contributed by atoms with Crippen LogP contribution in [0.2, 0.25) is 0 Å². The lowest BCUT2D eigenvalue weighted by Crippen LogP contribution is -2.22. The van der Waals surface area contributed by atoms with Crippen molar-refractivity contribution in [1.82, 2.24) is 9.38 Å². The van der Waals surface area contributed by atoms with E-state index >= 15 is 0 Å². The van der Waals surface area contributed by atoms with Crippen LogP contribution in [0.15, 0.2) is 69.9 Å². The average Bonchev–Trinajstić information content (AvgIpc) is 3.38. The van der Waals surface area contributed by atoms with Crippen molar-refractivity contribution in [1.29, 1.82) is 0 Å². The van der Waals surface area contributed by atoms with Gasteiger partial charge < -0.3 is 4.42 Å². The molecule has 0 aliphatic carbocycles. The third-order valence-corrected chi connectivity index (χ3v) is 5.38. The van der Waals surface area contributed by atoms with Crippen molar-refractivity contribution in [2.24, 2.45) is 0 Å². The summed E-state index contributed by atoms with van der Waals surface area (Å²) in [7, 11) is 0. The van der Waals surface area contributed by atoms with Crippen LogP contribution in [0.25, 0.3) is 33.4 Å². The predicted octanol–water partition coefficient (Wildman–Crippen LogP) is 3.63. The Labute approximate surface area is 160 Å². The zero-order valence-corrected chi connectivity index (χ0v) is 15.1. The second-order valence-electron chi connectivity index (χ2n) is 6.14. The molecule has 0 bridgehead atoms. The molecule has 0 radical (unpaired) electrons. The van der Waals surface area contributed by atoms with Gasteiger partial charge in [0.2, 0.25) is 0 Å². The molecule has 0 amide bonds. The summed E-state index contributed by atoms with van der Waals surface area (Å²) in [5.74, 6) is 1.10. The van der Waals surface area contributed by atoms with E-state index in [1.54, 1.807) is 34.7 Å². The van der Waals surface area contributed by atoms with E-state index < -0.39 is 4.92 Å². The fraction of sp³-hybridized carbons (Fsp3) is 0. The smallest absolute Gasteiger partial charge is 0.275 e. The van der Waals surface area contributed by atoms with Gasteiger partial charge in [0.1, 0.15) is 16.1 Å². The molecule has 5 rings (SSSR count). The first-order valence-corrected chi connectivity index (χ1v) is 9.18. The Hall–Kier alpha value is -3.78. The standard InChI is InChI=1S/C20H11N3O4S/c24-19-18(28-20-21-15-3-1-2-4-16(15)22(19)20)11-14-9-10-17(27-14)12-5-7-13(8-6-12)23(25)26/h1-11H. The van der Waals surface area contributed by atoms with E-state index in [1.165, 1.54) is 23.5 Å². The molecular weight excluding hydrogens is 378 g/mol. The normalized spacial score (nSPS) is 12.2. The van der Waals surface area contributed by atoms with Gasteiger partial charge in [0.25, 0.3) is 11.2 Å². The summed E-state index contributed by atoms with van der Waals surface area (Å²) in [6.45, 7) is 0. The van der Waals surface area contributed by atoms with Crippen LogP contribution in [-0.2, 0) is 0 Å². The first kappa shape index (κ1) is 16.4. The maximum atomic E-state index is 12.8. The number of hydrogen-bond acceptors (Lipinski definition) is 6. The second-order valence-corrected chi connectivity index (χ2v) is 7.15. The molecule has 0 aliphatic heterocycles. The van der Waals surface area contributed by atoms with Crippen molar-refractivity contribution < 1.29 is 9.34 Å². The number of rotatable bonds is 3. The van der Waals surface area contributed by atoms with E-state index in [9.17, 15) is 14.9 Å². The van der Waals surface area contributed by atoms with Crippen LogP contribution in [0.4, 0.5) is 5.69 Å². The molecule has 28 heavy (non-hydrogen) atoms. The number of aromatic nitrogens is 2. The molecule has 2 aromatic carbocycles. The van der Waals surface area contributed by atoms with Gasteiger partial charge in [-0.3, -0.25) is 14.9 Å². The Morgan fingerprint density at radius 1 is 1.07 bits per heavy atom. The molecule has 0 saturated heterocycles. The van der Waals surface area contributed by atoms with Crippen molar-refractivity contribution >= 4 is 39.1 Å². The quantitative estimate of drug-likeness (QED) is 0.347. The first-order chi connectivity index (χ1) is 13.6. The Kier molecular flexibility index (Phi) is 3.59. The number of thiazole rings is 1. The number of furan rings is 1. The fourth-order valence-electron chi connectivity index (χ4n) is 3.07. The van der Waals surface area contributed by atoms with Gasteiger partial charge >= 0.3 is 0 Å². The van der Waals surface area contributed by atoms with Crippen LogP contribution >= 0.6 is 11.3 Å². The Morgan fingerprint density at radius 2 is 1.86 bits per heavy atom. The molecule has 5 aromatic rings. The first-order valence-electron chi connectivity index (χ1n) is 8.36. The molecule has 0 aliphatic rings. The molecule has 0 spiro atoms. The third-order valence-electron chi connectivity index (χ3n) is 4.41. The minimum atomic E-state index is -0.447. The molecule has 0 unspecified atom stereocenters. The summed E-state index contributed by atoms with van der Waals surface area (Å²) in [6, 6.07) is 17.2. The van der Waals surface area contributed by atoms with E-state index in [0.29, 0.717) is 21.0 Å². The molecule has 0 fully saturated rings. The summed E-state index contributed by atoms with van der Waals surface area (Å²) in [6.07, 6.45) is 1.69. The van der Waals surface area contributed by atoms with E-state index in [4.69, 9.17) is 4.42 Å². The summed E-state index contributed by atoms with van der Waals surface area (Å²) in [5, 5.41) is 10.8. The highest BCUT2D eigenvalue weighted by Gasteiger charge is 2.12. The number of para-hydroxylation sites is 2. The summed E-state index contributed by atoms with van der Waals surface area (Å²) in [4.78, 5) is 28.2. The van der Waals surface area contributed by atoms with Crippen molar-refractivity contribution in [2.45, 2.75) is 0 Å². The minimum Gasteiger partial charge on any atom is -0.457 e. The lowest BCUT2D eigenvalue weighted by Gasteiger charge is -1.96. The molecule has 7 nitrogen and oxygen atoms in total. The summed E-state index contributed by atoms with van der Waals surface area (Å²) < 4.78 is 7.93. The van der Waals surface area contributed by atoms with Crippen LogP contribution in [-0.4, -0.2) is 14.3 Å². The van der Waals surface area contributed by atoms with Crippen molar-refractivity contribution in [3.8, 4) is 11.3 Å². The number of benzene rings is 2. The molecule has 8 heteroatoms. The number of imidazole rings is 1. The van der Waals surface area contributed by atoms with Crippen molar-refractivity contribution in [3.05, 3.63) is 91.4 Å². The Bertz CT molecular complexity index is 1460. The van der Waals surface area contributed by atoms with E-state index in [1.807, 2.05) is 24.3 Å². The number of hydrogen-bond donors (Lipinski definition) is 0. The summed E-state index contributed by atoms with van der Waals surface area (Å²) in [5.41, 5.74) is 2.18. The molecule has 136 valence electrons. The van der Waals surface area contributed by atoms with Crippen molar-refractivity contribution in [3.63, 3.8) is 0 Å². The van der Waals surface area contributed by atoms with E-state index in [0.717, 1.165) is 16.6 Å². The van der Waals surface area contributed by atoms with E-state index in [-0.39, 0.29) is 11.2 Å². The maximum absolute atomic E-state index is 12.8. The molecule has 0 atom stereocenters. The van der Waals surface area contributed by atoms with Gasteiger partial charge in [0.05, 0.1) is 16.0 Å². The zero-order chi connectivity index (χ0) is 19.3. The molecule has 0 saturated carbocycles. The van der Waals surface area contributed by atoms with Crippen molar-refractivity contribution in [2.75, 3.05) is 0 Å². The van der Waals surface area contributed by atoms with Gasteiger partial charge in [-0.2, -0.15) is 0 Å². The minimum absolute atomic E-state index is 0.0206. The SMILES string of the molecule is O=c1c(=Cc2ccc(-c3ccc([N+](=O)[O-])cc3)o2)sc2nc3ccccc3n12. The highest BCUT2D eigenvalue weighted by molar-refractivity contribution is 7.15. The topological polar surface area (TPSA) is 90.6 Å². The highest BCUT2D eigenvalue weighted by atomic mass is 32.1. The molecule has 0 N–H and O–H groups in total. The summed E-state index contributed by atoms with van der Waals surface area (Å²) >= 11 is 1.30. The zero-order valence-electron chi connectivity index (χ0n) is 14.2. The molecule has 3 aromatic heterocycles. The maximum Gasteiger partial charge on any atom is 0.275 e. The average molecular weight is 389 g/mol. The van der Waals surface area contributed by atoms with Crippen LogP contribution in [0.5, 0.6) is 0 Å². The van der Waals surface area contributed by atoms with Gasteiger partial charge in [-0.25, -0.2) is 9.38 Å².